The lowest BCUT2D eigenvalue weighted by Gasteiger charge is -2.37. The van der Waals surface area contributed by atoms with Gasteiger partial charge in [0.15, 0.2) is 0 Å². The fourth-order valence-electron chi connectivity index (χ4n) is 2.98. The summed E-state index contributed by atoms with van der Waals surface area (Å²) in [5, 5.41) is 3.35. The molecule has 0 bridgehead atoms. The molecule has 1 aromatic rings. The summed E-state index contributed by atoms with van der Waals surface area (Å²) in [6.45, 7) is 15.3. The number of rotatable bonds is 6. The molecule has 1 fully saturated rings. The van der Waals surface area contributed by atoms with Crippen LogP contribution in [-0.2, 0) is 6.42 Å². The molecule has 118 valence electrons. The summed E-state index contributed by atoms with van der Waals surface area (Å²) in [6, 6.07) is 0. The second kappa shape index (κ2) is 7.59. The number of piperazine rings is 1. The van der Waals surface area contributed by atoms with Crippen molar-refractivity contribution in [2.75, 3.05) is 49.5 Å². The predicted octanol–water partition coefficient (Wildman–Crippen LogP) is 2.25. The van der Waals surface area contributed by atoms with Gasteiger partial charge in [0.25, 0.3) is 0 Å². The summed E-state index contributed by atoms with van der Waals surface area (Å²) in [4.78, 5) is 13.9. The van der Waals surface area contributed by atoms with E-state index in [2.05, 4.69) is 52.8 Å². The number of hydrogen-bond donors (Lipinski definition) is 1. The molecule has 0 saturated carbocycles. The molecule has 1 N–H and O–H groups in total. The molecule has 0 spiro atoms. The van der Waals surface area contributed by atoms with Crippen molar-refractivity contribution in [3.05, 3.63) is 11.9 Å². The summed E-state index contributed by atoms with van der Waals surface area (Å²) in [6.07, 6.45) is 2.65. The summed E-state index contributed by atoms with van der Waals surface area (Å²) in [5.41, 5.74) is 1.25. The van der Waals surface area contributed by atoms with E-state index in [1.54, 1.807) is 6.33 Å². The first-order chi connectivity index (χ1) is 10.2. The second-order valence-electron chi connectivity index (χ2n) is 6.09. The maximum absolute atomic E-state index is 4.56. The average Bonchev–Trinajstić information content (AvgIpc) is 2.47. The van der Waals surface area contributed by atoms with Crippen molar-refractivity contribution in [2.45, 2.75) is 34.1 Å². The molecule has 0 radical (unpaired) electrons. The van der Waals surface area contributed by atoms with E-state index in [-0.39, 0.29) is 0 Å². The molecule has 0 amide bonds. The molecule has 1 aromatic heterocycles. The van der Waals surface area contributed by atoms with Crippen molar-refractivity contribution < 1.29 is 0 Å². The van der Waals surface area contributed by atoms with Crippen LogP contribution >= 0.6 is 0 Å². The third-order valence-corrected chi connectivity index (χ3v) is 3.92. The smallest absolute Gasteiger partial charge is 0.137 e. The lowest BCUT2D eigenvalue weighted by molar-refractivity contribution is 0.231. The van der Waals surface area contributed by atoms with Crippen LogP contribution in [0.4, 0.5) is 11.6 Å². The normalized spacial score (nSPS) is 16.5. The largest absolute Gasteiger partial charge is 0.370 e. The molecule has 0 atom stereocenters. The standard InChI is InChI=1S/C16H29N5/c1-5-14-15(17-6-2)18-12-19-16(14)21-9-7-20(8-10-21)11-13(3)4/h12-13H,5-11H2,1-4H3,(H,17,18,19). The van der Waals surface area contributed by atoms with Crippen LogP contribution in [0.5, 0.6) is 0 Å². The van der Waals surface area contributed by atoms with E-state index in [4.69, 9.17) is 0 Å². The molecule has 0 unspecified atom stereocenters. The van der Waals surface area contributed by atoms with E-state index >= 15 is 0 Å². The topological polar surface area (TPSA) is 44.3 Å². The van der Waals surface area contributed by atoms with E-state index in [0.29, 0.717) is 0 Å². The van der Waals surface area contributed by atoms with Crippen molar-refractivity contribution in [2.24, 2.45) is 5.92 Å². The van der Waals surface area contributed by atoms with Crippen LogP contribution in [0.1, 0.15) is 33.3 Å². The first-order valence-corrected chi connectivity index (χ1v) is 8.20. The van der Waals surface area contributed by atoms with Crippen LogP contribution in [0.2, 0.25) is 0 Å². The summed E-state index contributed by atoms with van der Waals surface area (Å²) >= 11 is 0. The average molecular weight is 291 g/mol. The van der Waals surface area contributed by atoms with Crippen LogP contribution in [0.15, 0.2) is 6.33 Å². The molecule has 1 aliphatic heterocycles. The number of nitrogens with zero attached hydrogens (tertiary/aromatic N) is 4. The van der Waals surface area contributed by atoms with Crippen molar-refractivity contribution in [1.82, 2.24) is 14.9 Å². The van der Waals surface area contributed by atoms with Crippen LogP contribution in [-0.4, -0.2) is 54.1 Å². The SMILES string of the molecule is CCNc1ncnc(N2CCN(CC(C)C)CC2)c1CC. The van der Waals surface area contributed by atoms with Gasteiger partial charge in [-0.25, -0.2) is 9.97 Å². The highest BCUT2D eigenvalue weighted by atomic mass is 15.3. The molecule has 0 aromatic carbocycles. The molecule has 1 aliphatic rings. The first kappa shape index (κ1) is 16.0. The Morgan fingerprint density at radius 3 is 2.43 bits per heavy atom. The third kappa shape index (κ3) is 4.06. The van der Waals surface area contributed by atoms with Gasteiger partial charge in [0.05, 0.1) is 0 Å². The van der Waals surface area contributed by atoms with Crippen molar-refractivity contribution in [3.8, 4) is 0 Å². The van der Waals surface area contributed by atoms with Gasteiger partial charge in [-0.1, -0.05) is 20.8 Å². The maximum atomic E-state index is 4.56. The molecule has 21 heavy (non-hydrogen) atoms. The highest BCUT2D eigenvalue weighted by Gasteiger charge is 2.21. The van der Waals surface area contributed by atoms with Gasteiger partial charge in [-0.15, -0.1) is 0 Å². The lowest BCUT2D eigenvalue weighted by atomic mass is 10.1. The van der Waals surface area contributed by atoms with Crippen LogP contribution in [0, 0.1) is 5.92 Å². The van der Waals surface area contributed by atoms with Gasteiger partial charge >= 0.3 is 0 Å². The minimum Gasteiger partial charge on any atom is -0.370 e. The fraction of sp³-hybridized carbons (Fsp3) is 0.750. The molecular weight excluding hydrogens is 262 g/mol. The molecule has 2 rings (SSSR count). The second-order valence-corrected chi connectivity index (χ2v) is 6.09. The number of hydrogen-bond acceptors (Lipinski definition) is 5. The minimum absolute atomic E-state index is 0.738. The van der Waals surface area contributed by atoms with Crippen molar-refractivity contribution in [1.29, 1.82) is 0 Å². The Morgan fingerprint density at radius 1 is 1.14 bits per heavy atom. The van der Waals surface area contributed by atoms with E-state index in [9.17, 15) is 0 Å². The van der Waals surface area contributed by atoms with E-state index in [1.165, 1.54) is 12.1 Å². The number of nitrogens with one attached hydrogen (secondary N) is 1. The molecule has 5 heteroatoms. The Bertz CT molecular complexity index is 438. The van der Waals surface area contributed by atoms with Crippen LogP contribution in [0.3, 0.4) is 0 Å². The van der Waals surface area contributed by atoms with E-state index in [0.717, 1.165) is 56.7 Å². The Hall–Kier alpha value is -1.36. The van der Waals surface area contributed by atoms with Crippen molar-refractivity contribution >= 4 is 11.6 Å². The first-order valence-electron chi connectivity index (χ1n) is 8.20. The minimum atomic E-state index is 0.738. The van der Waals surface area contributed by atoms with Crippen LogP contribution < -0.4 is 10.2 Å². The highest BCUT2D eigenvalue weighted by Crippen LogP contribution is 2.25. The zero-order chi connectivity index (χ0) is 15.2. The Balaban J connectivity index is 2.07. The van der Waals surface area contributed by atoms with E-state index < -0.39 is 0 Å². The monoisotopic (exact) mass is 291 g/mol. The van der Waals surface area contributed by atoms with Gasteiger partial charge in [-0.05, 0) is 19.3 Å². The van der Waals surface area contributed by atoms with Crippen molar-refractivity contribution in [3.63, 3.8) is 0 Å². The third-order valence-electron chi connectivity index (χ3n) is 3.92. The predicted molar refractivity (Wildman–Crippen MR) is 89.1 cm³/mol. The summed E-state index contributed by atoms with van der Waals surface area (Å²) < 4.78 is 0. The number of anilines is 2. The molecule has 5 nitrogen and oxygen atoms in total. The Kier molecular flexibility index (Phi) is 5.79. The molecule has 0 aliphatic carbocycles. The maximum Gasteiger partial charge on any atom is 0.137 e. The highest BCUT2D eigenvalue weighted by molar-refractivity contribution is 5.59. The lowest BCUT2D eigenvalue weighted by Crippen LogP contribution is -2.48. The van der Waals surface area contributed by atoms with Gasteiger partial charge in [-0.2, -0.15) is 0 Å². The van der Waals surface area contributed by atoms with Gasteiger partial charge < -0.3 is 10.2 Å². The quantitative estimate of drug-likeness (QED) is 0.871. The molecule has 1 saturated heterocycles. The van der Waals surface area contributed by atoms with Gasteiger partial charge in [0.1, 0.15) is 18.0 Å². The van der Waals surface area contributed by atoms with Gasteiger partial charge in [-0.3, -0.25) is 4.90 Å². The Morgan fingerprint density at radius 2 is 1.86 bits per heavy atom. The summed E-state index contributed by atoms with van der Waals surface area (Å²) in [7, 11) is 0. The Labute approximate surface area is 128 Å². The zero-order valence-electron chi connectivity index (χ0n) is 13.9. The summed E-state index contributed by atoms with van der Waals surface area (Å²) in [5.74, 6) is 2.85. The van der Waals surface area contributed by atoms with Gasteiger partial charge in [0, 0.05) is 44.8 Å². The zero-order valence-corrected chi connectivity index (χ0v) is 13.9. The van der Waals surface area contributed by atoms with E-state index in [1.807, 2.05) is 0 Å². The number of aromatic nitrogens is 2. The van der Waals surface area contributed by atoms with Gasteiger partial charge in [0.2, 0.25) is 0 Å². The molecular formula is C16H29N5. The fourth-order valence-corrected chi connectivity index (χ4v) is 2.98. The molecule has 2 heterocycles. The van der Waals surface area contributed by atoms with Crippen LogP contribution in [0.25, 0.3) is 0 Å².